The van der Waals surface area contributed by atoms with Crippen molar-refractivity contribution in [3.8, 4) is 0 Å². The first kappa shape index (κ1) is 11.4. The molecule has 0 aliphatic heterocycles. The van der Waals surface area contributed by atoms with Gasteiger partial charge in [-0.15, -0.1) is 0 Å². The molecule has 78 valence electrons. The van der Waals surface area contributed by atoms with Crippen LogP contribution in [0.4, 0.5) is 0 Å². The Hall–Kier alpha value is -0.640. The lowest BCUT2D eigenvalue weighted by Gasteiger charge is -2.14. The van der Waals surface area contributed by atoms with Crippen LogP contribution in [0.1, 0.15) is 25.5 Å². The van der Waals surface area contributed by atoms with Crippen molar-refractivity contribution in [3.05, 3.63) is 29.0 Å². The van der Waals surface area contributed by atoms with Crippen LogP contribution in [0.3, 0.4) is 0 Å². The van der Waals surface area contributed by atoms with E-state index in [9.17, 15) is 0 Å². The normalized spacial score (nSPS) is 15.1. The zero-order chi connectivity index (χ0) is 10.6. The number of aliphatic hydroxyl groups is 1. The van der Waals surface area contributed by atoms with Gasteiger partial charge in [0, 0.05) is 18.8 Å². The summed E-state index contributed by atoms with van der Waals surface area (Å²) in [5.74, 6) is 0. The largest absolute Gasteiger partial charge is 0.392 e. The Bertz CT molecular complexity index is 274. The molecule has 2 atom stereocenters. The molecule has 0 aliphatic carbocycles. The lowest BCUT2D eigenvalue weighted by molar-refractivity contribution is 0.187. The van der Waals surface area contributed by atoms with E-state index < -0.39 is 0 Å². The molecule has 0 saturated carbocycles. The average Bonchev–Trinajstić information content (AvgIpc) is 2.15. The van der Waals surface area contributed by atoms with Gasteiger partial charge in [-0.3, -0.25) is 0 Å². The Morgan fingerprint density at radius 2 is 2.21 bits per heavy atom. The van der Waals surface area contributed by atoms with Crippen molar-refractivity contribution >= 4 is 11.6 Å². The van der Waals surface area contributed by atoms with E-state index in [4.69, 9.17) is 16.7 Å². The fourth-order valence-corrected chi connectivity index (χ4v) is 1.22. The number of aromatic nitrogens is 1. The molecule has 0 bridgehead atoms. The number of hydrogen-bond donors (Lipinski definition) is 2. The number of pyridine rings is 1. The van der Waals surface area contributed by atoms with Crippen molar-refractivity contribution in [1.29, 1.82) is 0 Å². The quantitative estimate of drug-likeness (QED) is 0.751. The first-order valence-electron chi connectivity index (χ1n) is 4.62. The van der Waals surface area contributed by atoms with Crippen LogP contribution < -0.4 is 5.32 Å². The van der Waals surface area contributed by atoms with Crippen molar-refractivity contribution in [2.45, 2.75) is 26.0 Å². The van der Waals surface area contributed by atoms with E-state index in [-0.39, 0.29) is 12.1 Å². The molecular weight excluding hydrogens is 200 g/mol. The molecule has 1 aromatic heterocycles. The number of hydrogen-bond acceptors (Lipinski definition) is 3. The predicted octanol–water partition coefficient (Wildman–Crippen LogP) is 1.77. The van der Waals surface area contributed by atoms with E-state index in [2.05, 4.69) is 10.3 Å². The highest BCUT2D eigenvalue weighted by Gasteiger charge is 2.05. The van der Waals surface area contributed by atoms with Crippen LogP contribution in [0, 0.1) is 0 Å². The third kappa shape index (κ3) is 3.62. The van der Waals surface area contributed by atoms with Crippen molar-refractivity contribution in [2.24, 2.45) is 0 Å². The Morgan fingerprint density at radius 1 is 1.50 bits per heavy atom. The van der Waals surface area contributed by atoms with Gasteiger partial charge in [0.15, 0.2) is 0 Å². The summed E-state index contributed by atoms with van der Waals surface area (Å²) in [5.41, 5.74) is 1.06. The van der Waals surface area contributed by atoms with Crippen LogP contribution in [-0.2, 0) is 0 Å². The Morgan fingerprint density at radius 3 is 2.71 bits per heavy atom. The molecule has 2 unspecified atom stereocenters. The van der Waals surface area contributed by atoms with Crippen LogP contribution in [0.2, 0.25) is 5.15 Å². The summed E-state index contributed by atoms with van der Waals surface area (Å²) in [6, 6.07) is 3.86. The summed E-state index contributed by atoms with van der Waals surface area (Å²) < 4.78 is 0. The molecule has 0 fully saturated rings. The average molecular weight is 215 g/mol. The molecule has 1 heterocycles. The number of rotatable bonds is 4. The molecular formula is C10H15ClN2O. The minimum absolute atomic E-state index is 0.175. The van der Waals surface area contributed by atoms with E-state index in [1.54, 1.807) is 19.2 Å². The van der Waals surface area contributed by atoms with Crippen LogP contribution in [0.5, 0.6) is 0 Å². The molecule has 0 aliphatic rings. The minimum atomic E-state index is -0.335. The minimum Gasteiger partial charge on any atom is -0.392 e. The lowest BCUT2D eigenvalue weighted by atomic mass is 10.1. The second-order valence-corrected chi connectivity index (χ2v) is 3.78. The highest BCUT2D eigenvalue weighted by atomic mass is 35.5. The molecule has 0 radical (unpaired) electrons. The summed E-state index contributed by atoms with van der Waals surface area (Å²) >= 11 is 5.67. The fourth-order valence-electron chi connectivity index (χ4n) is 1.11. The third-order valence-electron chi connectivity index (χ3n) is 1.97. The van der Waals surface area contributed by atoms with E-state index in [0.29, 0.717) is 11.7 Å². The summed E-state index contributed by atoms with van der Waals surface area (Å²) in [6.45, 7) is 4.34. The molecule has 0 amide bonds. The molecule has 0 aromatic carbocycles. The number of nitrogens with zero attached hydrogens (tertiary/aromatic N) is 1. The molecule has 4 heteroatoms. The first-order chi connectivity index (χ1) is 6.59. The monoisotopic (exact) mass is 214 g/mol. The maximum Gasteiger partial charge on any atom is 0.129 e. The smallest absolute Gasteiger partial charge is 0.129 e. The van der Waals surface area contributed by atoms with Gasteiger partial charge < -0.3 is 10.4 Å². The van der Waals surface area contributed by atoms with Gasteiger partial charge in [-0.2, -0.15) is 0 Å². The van der Waals surface area contributed by atoms with Crippen molar-refractivity contribution < 1.29 is 5.11 Å². The molecule has 3 nitrogen and oxygen atoms in total. The van der Waals surface area contributed by atoms with Gasteiger partial charge in [-0.05, 0) is 25.5 Å². The number of nitrogens with one attached hydrogen (secondary N) is 1. The van der Waals surface area contributed by atoms with Gasteiger partial charge >= 0.3 is 0 Å². The second-order valence-electron chi connectivity index (χ2n) is 3.39. The molecule has 1 aromatic rings. The predicted molar refractivity (Wildman–Crippen MR) is 57.3 cm³/mol. The van der Waals surface area contributed by atoms with Crippen molar-refractivity contribution in [2.75, 3.05) is 6.54 Å². The topological polar surface area (TPSA) is 45.1 Å². The molecule has 14 heavy (non-hydrogen) atoms. The lowest BCUT2D eigenvalue weighted by Crippen LogP contribution is -2.27. The van der Waals surface area contributed by atoms with Crippen molar-refractivity contribution in [3.63, 3.8) is 0 Å². The second kappa shape index (κ2) is 5.29. The Balaban J connectivity index is 2.52. The van der Waals surface area contributed by atoms with Crippen LogP contribution >= 0.6 is 11.6 Å². The number of aliphatic hydroxyl groups excluding tert-OH is 1. The van der Waals surface area contributed by atoms with Crippen LogP contribution in [0.15, 0.2) is 18.3 Å². The van der Waals surface area contributed by atoms with E-state index in [1.165, 1.54) is 0 Å². The highest BCUT2D eigenvalue weighted by Crippen LogP contribution is 2.12. The van der Waals surface area contributed by atoms with Gasteiger partial charge in [0.05, 0.1) is 6.10 Å². The maximum atomic E-state index is 9.09. The molecule has 0 spiro atoms. The number of halogens is 1. The molecule has 0 saturated heterocycles. The van der Waals surface area contributed by atoms with E-state index in [1.807, 2.05) is 13.0 Å². The summed E-state index contributed by atoms with van der Waals surface area (Å²) in [6.07, 6.45) is 1.40. The van der Waals surface area contributed by atoms with Gasteiger partial charge in [-0.1, -0.05) is 17.7 Å². The highest BCUT2D eigenvalue weighted by molar-refractivity contribution is 6.29. The van der Waals surface area contributed by atoms with E-state index >= 15 is 0 Å². The zero-order valence-corrected chi connectivity index (χ0v) is 9.12. The summed E-state index contributed by atoms with van der Waals surface area (Å²) in [7, 11) is 0. The van der Waals surface area contributed by atoms with E-state index in [0.717, 1.165) is 5.56 Å². The van der Waals surface area contributed by atoms with Gasteiger partial charge in [0.25, 0.3) is 0 Å². The zero-order valence-electron chi connectivity index (χ0n) is 8.37. The Kier molecular flexibility index (Phi) is 4.32. The molecule has 1 rings (SSSR count). The third-order valence-corrected chi connectivity index (χ3v) is 2.19. The van der Waals surface area contributed by atoms with Crippen LogP contribution in [-0.4, -0.2) is 22.7 Å². The summed E-state index contributed by atoms with van der Waals surface area (Å²) in [4.78, 5) is 3.99. The first-order valence-corrected chi connectivity index (χ1v) is 5.00. The van der Waals surface area contributed by atoms with Gasteiger partial charge in [0.2, 0.25) is 0 Å². The molecule has 2 N–H and O–H groups in total. The summed E-state index contributed by atoms with van der Waals surface area (Å²) in [5, 5.41) is 12.8. The van der Waals surface area contributed by atoms with Crippen molar-refractivity contribution in [1.82, 2.24) is 10.3 Å². The SMILES string of the molecule is CC(O)CNC(C)c1ccc(Cl)nc1. The van der Waals surface area contributed by atoms with Gasteiger partial charge in [-0.25, -0.2) is 4.98 Å². The fraction of sp³-hybridized carbons (Fsp3) is 0.500. The maximum absolute atomic E-state index is 9.09. The van der Waals surface area contributed by atoms with Gasteiger partial charge in [0.1, 0.15) is 5.15 Å². The standard InChI is InChI=1S/C10H15ClN2O/c1-7(14)5-12-8(2)9-3-4-10(11)13-6-9/h3-4,6-8,12,14H,5H2,1-2H3. The van der Waals surface area contributed by atoms with Crippen LogP contribution in [0.25, 0.3) is 0 Å². The Labute approximate surface area is 89.1 Å².